The predicted octanol–water partition coefficient (Wildman–Crippen LogP) is 0.415. The Kier molecular flexibility index (Phi) is 6.96. The first-order valence-corrected chi connectivity index (χ1v) is 7.52. The number of thioether (sulfide) groups is 1. The molecule has 0 fully saturated rings. The number of phenolic OH excluding ortho intramolecular Hbond substituents is 1. The molecule has 0 heterocycles. The summed E-state index contributed by atoms with van der Waals surface area (Å²) in [7, 11) is 1.37. The highest BCUT2D eigenvalue weighted by Crippen LogP contribution is 2.38. The molecule has 0 saturated carbocycles. The second-order valence-corrected chi connectivity index (χ2v) is 5.56. The minimum absolute atomic E-state index is 0.0786. The zero-order valence-corrected chi connectivity index (χ0v) is 13.2. The van der Waals surface area contributed by atoms with Crippen LogP contribution in [0.3, 0.4) is 0 Å². The third kappa shape index (κ3) is 5.56. The molecule has 0 unspecified atom stereocenters. The molecular formula is C15H15N2O5S-. The lowest BCUT2D eigenvalue weighted by atomic mass is 10.1. The van der Waals surface area contributed by atoms with Gasteiger partial charge in [-0.1, -0.05) is 0 Å². The van der Waals surface area contributed by atoms with Gasteiger partial charge in [0.15, 0.2) is 11.5 Å². The van der Waals surface area contributed by atoms with Crippen LogP contribution < -0.4 is 15.6 Å². The largest absolute Gasteiger partial charge is 0.550 e. The Bertz CT molecular complexity index is 679. The van der Waals surface area contributed by atoms with Crippen molar-refractivity contribution in [3.05, 3.63) is 23.3 Å². The third-order valence-corrected chi connectivity index (χ3v) is 3.88. The Labute approximate surface area is 137 Å². The van der Waals surface area contributed by atoms with Gasteiger partial charge in [0.25, 0.3) is 5.91 Å². The van der Waals surface area contributed by atoms with Gasteiger partial charge in [-0.05, 0) is 42.4 Å². The van der Waals surface area contributed by atoms with E-state index in [2.05, 4.69) is 0 Å². The van der Waals surface area contributed by atoms with Gasteiger partial charge in [-0.2, -0.15) is 5.26 Å². The van der Waals surface area contributed by atoms with E-state index >= 15 is 0 Å². The van der Waals surface area contributed by atoms with Crippen LogP contribution in [0.15, 0.2) is 22.6 Å². The van der Waals surface area contributed by atoms with Gasteiger partial charge >= 0.3 is 0 Å². The Hall–Kier alpha value is -2.66. The maximum Gasteiger partial charge on any atom is 0.259 e. The summed E-state index contributed by atoms with van der Waals surface area (Å²) in [4.78, 5) is 21.9. The molecule has 0 bridgehead atoms. The average Bonchev–Trinajstić information content (AvgIpc) is 2.50. The van der Waals surface area contributed by atoms with Crippen molar-refractivity contribution < 1.29 is 24.5 Å². The lowest BCUT2D eigenvalue weighted by molar-refractivity contribution is -0.305. The molecule has 0 atom stereocenters. The van der Waals surface area contributed by atoms with Crippen molar-refractivity contribution in [2.45, 2.75) is 17.7 Å². The fourth-order valence-electron chi connectivity index (χ4n) is 1.68. The number of nitrogens with two attached hydrogens (primary N) is 1. The van der Waals surface area contributed by atoms with Crippen molar-refractivity contribution in [1.82, 2.24) is 0 Å². The Morgan fingerprint density at radius 2 is 2.22 bits per heavy atom. The molecule has 0 spiro atoms. The van der Waals surface area contributed by atoms with E-state index in [4.69, 9.17) is 15.7 Å². The topological polar surface area (TPSA) is 136 Å². The zero-order valence-electron chi connectivity index (χ0n) is 12.4. The first kappa shape index (κ1) is 18.4. The summed E-state index contributed by atoms with van der Waals surface area (Å²) >= 11 is 1.23. The van der Waals surface area contributed by atoms with Crippen LogP contribution in [0, 0.1) is 11.3 Å². The molecule has 3 N–H and O–H groups in total. The number of nitriles is 1. The quantitative estimate of drug-likeness (QED) is 0.304. The van der Waals surface area contributed by atoms with Crippen LogP contribution in [0.4, 0.5) is 0 Å². The number of phenols is 1. The summed E-state index contributed by atoms with van der Waals surface area (Å²) in [6.07, 6.45) is 1.58. The van der Waals surface area contributed by atoms with Gasteiger partial charge in [-0.25, -0.2) is 0 Å². The standard InChI is InChI=1S/C15H16N2O5S/c1-22-11-6-9(5-10(8-16)15(17)21)7-12(14(11)20)23-4-2-3-13(18)19/h5-7,20H,2-4H2,1H3,(H2,17,21)(H,18,19)/p-1/b10-5+. The molecule has 1 aromatic carbocycles. The lowest BCUT2D eigenvalue weighted by Gasteiger charge is -2.11. The van der Waals surface area contributed by atoms with Gasteiger partial charge in [-0.3, -0.25) is 4.79 Å². The van der Waals surface area contributed by atoms with Crippen molar-refractivity contribution in [3.63, 3.8) is 0 Å². The maximum atomic E-state index is 11.1. The van der Waals surface area contributed by atoms with E-state index in [1.165, 1.54) is 31.0 Å². The highest BCUT2D eigenvalue weighted by Gasteiger charge is 2.12. The van der Waals surface area contributed by atoms with Crippen molar-refractivity contribution >= 4 is 29.7 Å². The summed E-state index contributed by atoms with van der Waals surface area (Å²) in [5, 5.41) is 29.3. The second kappa shape index (κ2) is 8.70. The first-order valence-electron chi connectivity index (χ1n) is 6.54. The van der Waals surface area contributed by atoms with Crippen LogP contribution >= 0.6 is 11.8 Å². The summed E-state index contributed by atoms with van der Waals surface area (Å²) in [6, 6.07) is 4.71. The molecule has 0 saturated heterocycles. The van der Waals surface area contributed by atoms with Gasteiger partial charge in [0.2, 0.25) is 0 Å². The summed E-state index contributed by atoms with van der Waals surface area (Å²) < 4.78 is 5.05. The van der Waals surface area contributed by atoms with Gasteiger partial charge in [0.05, 0.1) is 12.0 Å². The number of benzene rings is 1. The number of amides is 1. The van der Waals surface area contributed by atoms with Crippen LogP contribution in [0.5, 0.6) is 11.5 Å². The van der Waals surface area contributed by atoms with E-state index in [-0.39, 0.29) is 23.5 Å². The Balaban J connectivity index is 3.06. The van der Waals surface area contributed by atoms with Crippen molar-refractivity contribution in [1.29, 1.82) is 5.26 Å². The molecule has 1 aromatic rings. The van der Waals surface area contributed by atoms with Gasteiger partial charge in [0, 0.05) is 5.97 Å². The molecule has 23 heavy (non-hydrogen) atoms. The number of carboxylic acids is 1. The lowest BCUT2D eigenvalue weighted by Crippen LogP contribution is -2.21. The number of methoxy groups -OCH3 is 1. The number of primary amides is 1. The fourth-order valence-corrected chi connectivity index (χ4v) is 2.64. The summed E-state index contributed by atoms with van der Waals surface area (Å²) in [5.74, 6) is -1.48. The molecule has 8 heteroatoms. The molecule has 1 rings (SSSR count). The number of hydrogen-bond donors (Lipinski definition) is 2. The molecule has 1 amide bonds. The molecule has 0 radical (unpaired) electrons. The highest BCUT2D eigenvalue weighted by atomic mass is 32.2. The number of ether oxygens (including phenoxy) is 1. The number of nitrogens with zero attached hydrogens (tertiary/aromatic N) is 1. The smallest absolute Gasteiger partial charge is 0.259 e. The molecule has 7 nitrogen and oxygen atoms in total. The van der Waals surface area contributed by atoms with Crippen LogP contribution in [0.1, 0.15) is 18.4 Å². The van der Waals surface area contributed by atoms with Gasteiger partial charge in [0.1, 0.15) is 11.6 Å². The number of carboxylic acid groups (broad SMARTS) is 1. The number of carbonyl (C=O) groups is 2. The van der Waals surface area contributed by atoms with Crippen molar-refractivity contribution in [3.8, 4) is 17.6 Å². The SMILES string of the molecule is COc1cc(/C=C(\C#N)C(N)=O)cc(SCCCC(=O)[O-])c1O. The van der Waals surface area contributed by atoms with Crippen molar-refractivity contribution in [2.24, 2.45) is 5.73 Å². The van der Waals surface area contributed by atoms with Crippen LogP contribution in [-0.2, 0) is 9.59 Å². The predicted molar refractivity (Wildman–Crippen MR) is 82.4 cm³/mol. The van der Waals surface area contributed by atoms with Crippen LogP contribution in [0.25, 0.3) is 6.08 Å². The third-order valence-electron chi connectivity index (χ3n) is 2.76. The molecule has 0 aliphatic rings. The monoisotopic (exact) mass is 335 g/mol. The summed E-state index contributed by atoms with van der Waals surface area (Å²) in [5.41, 5.74) is 5.31. The minimum Gasteiger partial charge on any atom is -0.550 e. The fraction of sp³-hybridized carbons (Fsp3) is 0.267. The molecule has 0 aromatic heterocycles. The normalized spacial score (nSPS) is 10.9. The average molecular weight is 335 g/mol. The van der Waals surface area contributed by atoms with E-state index in [0.717, 1.165) is 0 Å². The molecule has 0 aliphatic carbocycles. The van der Waals surface area contributed by atoms with E-state index in [1.807, 2.05) is 0 Å². The van der Waals surface area contributed by atoms with Crippen LogP contribution in [0.2, 0.25) is 0 Å². The van der Waals surface area contributed by atoms with E-state index < -0.39 is 11.9 Å². The Morgan fingerprint density at radius 3 is 2.74 bits per heavy atom. The molecular weight excluding hydrogens is 320 g/mol. The number of carbonyl (C=O) groups excluding carboxylic acids is 2. The number of rotatable bonds is 8. The molecule has 0 aliphatic heterocycles. The molecule has 122 valence electrons. The van der Waals surface area contributed by atoms with E-state index in [9.17, 15) is 19.8 Å². The first-order chi connectivity index (χ1) is 10.9. The second-order valence-electron chi connectivity index (χ2n) is 4.43. The zero-order chi connectivity index (χ0) is 17.4. The van der Waals surface area contributed by atoms with Gasteiger partial charge in [-0.15, -0.1) is 11.8 Å². The van der Waals surface area contributed by atoms with Crippen LogP contribution in [-0.4, -0.2) is 29.8 Å². The highest BCUT2D eigenvalue weighted by molar-refractivity contribution is 7.99. The van der Waals surface area contributed by atoms with Gasteiger partial charge < -0.3 is 25.5 Å². The maximum absolute atomic E-state index is 11.1. The number of aliphatic carboxylic acids is 1. The minimum atomic E-state index is -1.13. The number of hydrogen-bond acceptors (Lipinski definition) is 7. The summed E-state index contributed by atoms with van der Waals surface area (Å²) in [6.45, 7) is 0. The van der Waals surface area contributed by atoms with E-state index in [1.54, 1.807) is 12.1 Å². The number of aromatic hydroxyl groups is 1. The van der Waals surface area contributed by atoms with Crippen molar-refractivity contribution in [2.75, 3.05) is 12.9 Å². The Morgan fingerprint density at radius 1 is 1.52 bits per heavy atom. The van der Waals surface area contributed by atoms with E-state index in [0.29, 0.717) is 22.6 Å².